The first kappa shape index (κ1) is 12.3. The number of nitrogens with one attached hydrogen (secondary N) is 1. The van der Waals surface area contributed by atoms with E-state index >= 15 is 0 Å². The van der Waals surface area contributed by atoms with Crippen molar-refractivity contribution in [3.05, 3.63) is 24.0 Å². The first-order chi connectivity index (χ1) is 8.28. The van der Waals surface area contributed by atoms with E-state index in [0.29, 0.717) is 12.6 Å². The molecule has 1 atom stereocenters. The van der Waals surface area contributed by atoms with Crippen molar-refractivity contribution in [2.75, 3.05) is 20.3 Å². The van der Waals surface area contributed by atoms with Crippen LogP contribution in [0.4, 0.5) is 0 Å². The number of aryl methyl sites for hydroxylation is 1. The van der Waals surface area contributed by atoms with E-state index in [-0.39, 0.29) is 6.10 Å². The highest BCUT2D eigenvalue weighted by molar-refractivity contribution is 5.19. The van der Waals surface area contributed by atoms with Gasteiger partial charge >= 0.3 is 0 Å². The van der Waals surface area contributed by atoms with Gasteiger partial charge in [0.2, 0.25) is 0 Å². The van der Waals surface area contributed by atoms with Gasteiger partial charge in [0.1, 0.15) is 11.9 Å². The van der Waals surface area contributed by atoms with Crippen LogP contribution >= 0.6 is 0 Å². The zero-order valence-corrected chi connectivity index (χ0v) is 10.5. The number of hydrogen-bond acceptors (Lipinski definition) is 4. The van der Waals surface area contributed by atoms with Crippen LogP contribution in [0.1, 0.15) is 18.5 Å². The summed E-state index contributed by atoms with van der Waals surface area (Å²) < 4.78 is 11.0. The Morgan fingerprint density at radius 2 is 2.29 bits per heavy atom. The third-order valence-electron chi connectivity index (χ3n) is 2.75. The maximum absolute atomic E-state index is 5.84. The van der Waals surface area contributed by atoms with Gasteiger partial charge in [-0.15, -0.1) is 0 Å². The van der Waals surface area contributed by atoms with Gasteiger partial charge in [0.25, 0.3) is 0 Å². The Morgan fingerprint density at radius 1 is 1.47 bits per heavy atom. The topological polar surface area (TPSA) is 43.4 Å². The predicted octanol–water partition coefficient (Wildman–Crippen LogP) is 1.54. The van der Waals surface area contributed by atoms with Gasteiger partial charge in [-0.1, -0.05) is 0 Å². The van der Waals surface area contributed by atoms with Crippen LogP contribution in [0.5, 0.6) is 5.75 Å². The Morgan fingerprint density at radius 3 is 2.88 bits per heavy atom. The number of methoxy groups -OCH3 is 1. The van der Waals surface area contributed by atoms with Crippen molar-refractivity contribution in [1.82, 2.24) is 10.3 Å². The summed E-state index contributed by atoms with van der Waals surface area (Å²) in [5.41, 5.74) is 0.997. The minimum Gasteiger partial charge on any atom is -0.485 e. The van der Waals surface area contributed by atoms with Crippen LogP contribution < -0.4 is 10.1 Å². The standard InChI is InChI=1S/C13H20N2O2/c1-10-3-6-12(7-14-10)17-13(9-16-2)8-15-11-4-5-11/h3,6-7,11,13,15H,4-5,8-9H2,1-2H3. The van der Waals surface area contributed by atoms with E-state index < -0.39 is 0 Å². The summed E-state index contributed by atoms with van der Waals surface area (Å²) in [6, 6.07) is 4.59. The van der Waals surface area contributed by atoms with Crippen LogP contribution in [0.2, 0.25) is 0 Å². The number of hydrogen-bond donors (Lipinski definition) is 1. The van der Waals surface area contributed by atoms with Crippen LogP contribution in [0.25, 0.3) is 0 Å². The van der Waals surface area contributed by atoms with Gasteiger partial charge in [-0.2, -0.15) is 0 Å². The highest BCUT2D eigenvalue weighted by Gasteiger charge is 2.22. The van der Waals surface area contributed by atoms with E-state index in [2.05, 4.69) is 10.3 Å². The van der Waals surface area contributed by atoms with Gasteiger partial charge in [0.05, 0.1) is 12.8 Å². The molecule has 1 aliphatic carbocycles. The molecule has 17 heavy (non-hydrogen) atoms. The number of aromatic nitrogens is 1. The summed E-state index contributed by atoms with van der Waals surface area (Å²) in [5.74, 6) is 0.801. The summed E-state index contributed by atoms with van der Waals surface area (Å²) in [5, 5.41) is 3.45. The molecule has 1 fully saturated rings. The fourth-order valence-electron chi connectivity index (χ4n) is 1.62. The largest absolute Gasteiger partial charge is 0.485 e. The van der Waals surface area contributed by atoms with Crippen molar-refractivity contribution < 1.29 is 9.47 Å². The molecule has 4 nitrogen and oxygen atoms in total. The van der Waals surface area contributed by atoms with Gasteiger partial charge in [0, 0.05) is 25.4 Å². The Balaban J connectivity index is 1.84. The fourth-order valence-corrected chi connectivity index (χ4v) is 1.62. The molecule has 0 radical (unpaired) electrons. The average molecular weight is 236 g/mol. The van der Waals surface area contributed by atoms with Crippen LogP contribution in [-0.4, -0.2) is 37.4 Å². The first-order valence-electron chi connectivity index (χ1n) is 6.09. The molecule has 0 saturated heterocycles. The Labute approximate surface area is 102 Å². The van der Waals surface area contributed by atoms with Gasteiger partial charge in [-0.25, -0.2) is 0 Å². The van der Waals surface area contributed by atoms with Gasteiger partial charge in [0.15, 0.2) is 0 Å². The third kappa shape index (κ3) is 4.32. The molecule has 2 rings (SSSR count). The van der Waals surface area contributed by atoms with Crippen LogP contribution in [0, 0.1) is 6.92 Å². The van der Waals surface area contributed by atoms with Crippen LogP contribution in [0.3, 0.4) is 0 Å². The molecule has 1 unspecified atom stereocenters. The molecule has 0 spiro atoms. The molecule has 0 aromatic carbocycles. The molecule has 1 saturated carbocycles. The molecular weight excluding hydrogens is 216 g/mol. The van der Waals surface area contributed by atoms with Gasteiger partial charge in [-0.05, 0) is 31.9 Å². The lowest BCUT2D eigenvalue weighted by Gasteiger charge is -2.18. The normalized spacial score (nSPS) is 16.8. The molecule has 1 aliphatic rings. The van der Waals surface area contributed by atoms with Crippen molar-refractivity contribution in [2.45, 2.75) is 31.9 Å². The van der Waals surface area contributed by atoms with E-state index in [1.54, 1.807) is 13.3 Å². The van der Waals surface area contributed by atoms with Gasteiger partial charge < -0.3 is 14.8 Å². The molecule has 1 aromatic rings. The molecule has 1 N–H and O–H groups in total. The lowest BCUT2D eigenvalue weighted by atomic mass is 10.3. The summed E-state index contributed by atoms with van der Waals surface area (Å²) in [6.45, 7) is 3.38. The van der Waals surface area contributed by atoms with E-state index in [1.807, 2.05) is 19.1 Å². The maximum Gasteiger partial charge on any atom is 0.138 e. The van der Waals surface area contributed by atoms with Crippen LogP contribution in [0.15, 0.2) is 18.3 Å². The molecule has 0 bridgehead atoms. The number of ether oxygens (including phenoxy) is 2. The Bertz CT molecular complexity index is 336. The van der Waals surface area contributed by atoms with Crippen molar-refractivity contribution in [1.29, 1.82) is 0 Å². The smallest absolute Gasteiger partial charge is 0.138 e. The molecule has 4 heteroatoms. The number of pyridine rings is 1. The lowest BCUT2D eigenvalue weighted by molar-refractivity contribution is 0.0801. The zero-order chi connectivity index (χ0) is 12.1. The summed E-state index contributed by atoms with van der Waals surface area (Å²) >= 11 is 0. The molecule has 0 aliphatic heterocycles. The average Bonchev–Trinajstić information content (AvgIpc) is 3.13. The Hall–Kier alpha value is -1.13. The highest BCUT2D eigenvalue weighted by Crippen LogP contribution is 2.19. The maximum atomic E-state index is 5.84. The minimum atomic E-state index is 0.0464. The van der Waals surface area contributed by atoms with Crippen molar-refractivity contribution in [3.8, 4) is 5.75 Å². The van der Waals surface area contributed by atoms with Crippen molar-refractivity contribution >= 4 is 0 Å². The van der Waals surface area contributed by atoms with E-state index in [4.69, 9.17) is 9.47 Å². The van der Waals surface area contributed by atoms with Gasteiger partial charge in [-0.3, -0.25) is 4.98 Å². The second-order valence-electron chi connectivity index (χ2n) is 4.51. The first-order valence-corrected chi connectivity index (χ1v) is 6.09. The molecule has 94 valence electrons. The zero-order valence-electron chi connectivity index (χ0n) is 10.5. The molecule has 1 heterocycles. The van der Waals surface area contributed by atoms with Crippen LogP contribution in [-0.2, 0) is 4.74 Å². The third-order valence-corrected chi connectivity index (χ3v) is 2.75. The molecule has 1 aromatic heterocycles. The second-order valence-corrected chi connectivity index (χ2v) is 4.51. The monoisotopic (exact) mass is 236 g/mol. The lowest BCUT2D eigenvalue weighted by Crippen LogP contribution is -2.35. The quantitative estimate of drug-likeness (QED) is 0.780. The van der Waals surface area contributed by atoms with Crippen molar-refractivity contribution in [3.63, 3.8) is 0 Å². The summed E-state index contributed by atoms with van der Waals surface area (Å²) in [4.78, 5) is 4.21. The van der Waals surface area contributed by atoms with Crippen molar-refractivity contribution in [2.24, 2.45) is 0 Å². The summed E-state index contributed by atoms with van der Waals surface area (Å²) in [7, 11) is 1.70. The SMILES string of the molecule is COCC(CNC1CC1)Oc1ccc(C)nc1. The Kier molecular flexibility index (Phi) is 4.34. The predicted molar refractivity (Wildman–Crippen MR) is 66.3 cm³/mol. The van der Waals surface area contributed by atoms with E-state index in [1.165, 1.54) is 12.8 Å². The van der Waals surface area contributed by atoms with E-state index in [0.717, 1.165) is 18.0 Å². The highest BCUT2D eigenvalue weighted by atomic mass is 16.5. The molecule has 0 amide bonds. The number of rotatable bonds is 7. The second kappa shape index (κ2) is 5.98. The minimum absolute atomic E-state index is 0.0464. The summed E-state index contributed by atoms with van der Waals surface area (Å²) in [6.07, 6.45) is 4.37. The molecular formula is C13H20N2O2. The fraction of sp³-hybridized carbons (Fsp3) is 0.615. The van der Waals surface area contributed by atoms with E-state index in [9.17, 15) is 0 Å². The number of nitrogens with zero attached hydrogens (tertiary/aromatic N) is 1.